The van der Waals surface area contributed by atoms with Crippen LogP contribution in [0.4, 0.5) is 5.82 Å². The van der Waals surface area contributed by atoms with Gasteiger partial charge in [-0.2, -0.15) is 0 Å². The fourth-order valence-electron chi connectivity index (χ4n) is 2.95. The van der Waals surface area contributed by atoms with Crippen LogP contribution < -0.4 is 5.73 Å². The van der Waals surface area contributed by atoms with Crippen molar-refractivity contribution in [2.45, 2.75) is 52.5 Å². The van der Waals surface area contributed by atoms with E-state index in [-0.39, 0.29) is 0 Å². The summed E-state index contributed by atoms with van der Waals surface area (Å²) in [6.45, 7) is 7.60. The van der Waals surface area contributed by atoms with Crippen LogP contribution in [0.25, 0.3) is 11.3 Å². The summed E-state index contributed by atoms with van der Waals surface area (Å²) in [5.41, 5.74) is 9.97. The fraction of sp³-hybridized carbons (Fsp3) is 0.500. The third-order valence-electron chi connectivity index (χ3n) is 4.18. The van der Waals surface area contributed by atoms with Crippen molar-refractivity contribution < 1.29 is 0 Å². The molecule has 0 radical (unpaired) electrons. The van der Waals surface area contributed by atoms with Crippen molar-refractivity contribution >= 4 is 5.82 Å². The van der Waals surface area contributed by atoms with Gasteiger partial charge < -0.3 is 10.3 Å². The minimum atomic E-state index is 0.577. The predicted molar refractivity (Wildman–Crippen MR) is 88.3 cm³/mol. The zero-order valence-electron chi connectivity index (χ0n) is 13.3. The van der Waals surface area contributed by atoms with Crippen LogP contribution in [0, 0.1) is 5.92 Å². The molecule has 21 heavy (non-hydrogen) atoms. The molecule has 1 aliphatic carbocycles. The molecule has 3 heteroatoms. The summed E-state index contributed by atoms with van der Waals surface area (Å²) in [4.78, 5) is 4.94. The Morgan fingerprint density at radius 1 is 1.29 bits per heavy atom. The minimum Gasteiger partial charge on any atom is -0.383 e. The predicted octanol–water partition coefficient (Wildman–Crippen LogP) is 4.23. The molecular formula is C18H25N3. The Hall–Kier alpha value is -1.77. The second-order valence-corrected chi connectivity index (χ2v) is 6.49. The van der Waals surface area contributed by atoms with E-state index < -0.39 is 0 Å². The molecular weight excluding hydrogens is 258 g/mol. The molecule has 1 heterocycles. The van der Waals surface area contributed by atoms with Crippen LogP contribution in [0.15, 0.2) is 24.3 Å². The van der Waals surface area contributed by atoms with Crippen molar-refractivity contribution in [1.82, 2.24) is 9.55 Å². The van der Waals surface area contributed by atoms with E-state index in [9.17, 15) is 0 Å². The van der Waals surface area contributed by atoms with E-state index in [1.54, 1.807) is 0 Å². The third kappa shape index (κ3) is 2.69. The molecule has 0 aliphatic heterocycles. The van der Waals surface area contributed by atoms with Crippen molar-refractivity contribution in [1.29, 1.82) is 0 Å². The molecule has 3 rings (SSSR count). The van der Waals surface area contributed by atoms with Crippen LogP contribution in [0.5, 0.6) is 0 Å². The number of benzene rings is 1. The van der Waals surface area contributed by atoms with Gasteiger partial charge in [0.1, 0.15) is 17.3 Å². The molecule has 0 amide bonds. The molecule has 1 aliphatic rings. The van der Waals surface area contributed by atoms with E-state index in [1.807, 2.05) is 0 Å². The maximum atomic E-state index is 6.47. The number of nitrogens with two attached hydrogens (primary N) is 1. The van der Waals surface area contributed by atoms with Crippen molar-refractivity contribution in [3.63, 3.8) is 0 Å². The van der Waals surface area contributed by atoms with Gasteiger partial charge in [0.2, 0.25) is 0 Å². The van der Waals surface area contributed by atoms with E-state index in [2.05, 4.69) is 49.6 Å². The van der Waals surface area contributed by atoms with Crippen molar-refractivity contribution in [3.8, 4) is 11.3 Å². The van der Waals surface area contributed by atoms with E-state index in [0.717, 1.165) is 24.5 Å². The number of aryl methyl sites for hydroxylation is 1. The first kappa shape index (κ1) is 14.2. The number of imidazole rings is 1. The molecule has 3 nitrogen and oxygen atoms in total. The number of aromatic nitrogens is 2. The number of rotatable bonds is 5. The highest BCUT2D eigenvalue weighted by molar-refractivity contribution is 5.74. The lowest BCUT2D eigenvalue weighted by atomic mass is 10.0. The number of hydrogen-bond acceptors (Lipinski definition) is 2. The van der Waals surface area contributed by atoms with Gasteiger partial charge in [-0.05, 0) is 30.7 Å². The Morgan fingerprint density at radius 2 is 2.00 bits per heavy atom. The Balaban J connectivity index is 2.10. The molecule has 0 atom stereocenters. The van der Waals surface area contributed by atoms with E-state index in [4.69, 9.17) is 10.7 Å². The molecule has 1 fully saturated rings. The van der Waals surface area contributed by atoms with Crippen LogP contribution in [0.2, 0.25) is 0 Å². The molecule has 0 bridgehead atoms. The van der Waals surface area contributed by atoms with Gasteiger partial charge in [0.15, 0.2) is 0 Å². The van der Waals surface area contributed by atoms with Crippen LogP contribution >= 0.6 is 0 Å². The van der Waals surface area contributed by atoms with Crippen LogP contribution in [0.3, 0.4) is 0 Å². The van der Waals surface area contributed by atoms with Crippen LogP contribution in [-0.2, 0) is 13.0 Å². The largest absolute Gasteiger partial charge is 0.383 e. The average molecular weight is 283 g/mol. The summed E-state index contributed by atoms with van der Waals surface area (Å²) in [5, 5.41) is 0. The van der Waals surface area contributed by atoms with Crippen LogP contribution in [0.1, 0.15) is 50.9 Å². The van der Waals surface area contributed by atoms with E-state index in [0.29, 0.717) is 11.8 Å². The first-order valence-electron chi connectivity index (χ1n) is 8.06. The quantitative estimate of drug-likeness (QED) is 0.892. The molecule has 2 aromatic rings. The first-order valence-corrected chi connectivity index (χ1v) is 8.06. The highest BCUT2D eigenvalue weighted by Gasteiger charge is 2.31. The molecule has 2 N–H and O–H groups in total. The lowest BCUT2D eigenvalue weighted by Crippen LogP contribution is -2.11. The van der Waals surface area contributed by atoms with E-state index in [1.165, 1.54) is 29.8 Å². The van der Waals surface area contributed by atoms with Gasteiger partial charge in [0, 0.05) is 18.0 Å². The van der Waals surface area contributed by atoms with Gasteiger partial charge in [-0.3, -0.25) is 0 Å². The molecule has 112 valence electrons. The summed E-state index contributed by atoms with van der Waals surface area (Å²) in [7, 11) is 0. The van der Waals surface area contributed by atoms with Gasteiger partial charge >= 0.3 is 0 Å². The summed E-state index contributed by atoms with van der Waals surface area (Å²) in [5.74, 6) is 3.23. The van der Waals surface area contributed by atoms with E-state index >= 15 is 0 Å². The van der Waals surface area contributed by atoms with Gasteiger partial charge in [-0.1, -0.05) is 45.0 Å². The SMILES string of the molecule is CCc1ccccc1-c1nc(C2CC2)n(CC(C)C)c1N. The maximum Gasteiger partial charge on any atom is 0.131 e. The zero-order chi connectivity index (χ0) is 15.0. The Kier molecular flexibility index (Phi) is 3.75. The standard InChI is InChI=1S/C18H25N3/c1-4-13-7-5-6-8-15(13)16-17(19)21(11-12(2)3)18(20-16)14-9-10-14/h5-8,12,14H,4,9-11,19H2,1-3H3. The van der Waals surface area contributed by atoms with Gasteiger partial charge in [0.05, 0.1) is 0 Å². The molecule has 0 saturated heterocycles. The molecule has 1 aromatic carbocycles. The molecule has 1 saturated carbocycles. The zero-order valence-corrected chi connectivity index (χ0v) is 13.3. The Bertz CT molecular complexity index is 636. The fourth-order valence-corrected chi connectivity index (χ4v) is 2.95. The topological polar surface area (TPSA) is 43.8 Å². The normalized spacial score (nSPS) is 14.9. The summed E-state index contributed by atoms with van der Waals surface area (Å²) in [6.07, 6.45) is 3.51. The minimum absolute atomic E-state index is 0.577. The van der Waals surface area contributed by atoms with Gasteiger partial charge in [-0.15, -0.1) is 0 Å². The number of nitrogens with zero attached hydrogens (tertiary/aromatic N) is 2. The Morgan fingerprint density at radius 3 is 2.62 bits per heavy atom. The summed E-state index contributed by atoms with van der Waals surface area (Å²) < 4.78 is 2.25. The number of nitrogen functional groups attached to an aromatic ring is 1. The second-order valence-electron chi connectivity index (χ2n) is 6.49. The van der Waals surface area contributed by atoms with Gasteiger partial charge in [-0.25, -0.2) is 4.98 Å². The molecule has 0 unspecified atom stereocenters. The van der Waals surface area contributed by atoms with Crippen molar-refractivity contribution in [2.24, 2.45) is 5.92 Å². The second kappa shape index (κ2) is 5.55. The third-order valence-corrected chi connectivity index (χ3v) is 4.18. The summed E-state index contributed by atoms with van der Waals surface area (Å²) >= 11 is 0. The molecule has 0 spiro atoms. The summed E-state index contributed by atoms with van der Waals surface area (Å²) in [6, 6.07) is 8.48. The monoisotopic (exact) mass is 283 g/mol. The number of hydrogen-bond donors (Lipinski definition) is 1. The van der Waals surface area contributed by atoms with Gasteiger partial charge in [0.25, 0.3) is 0 Å². The van der Waals surface area contributed by atoms with Crippen LogP contribution in [-0.4, -0.2) is 9.55 Å². The maximum absolute atomic E-state index is 6.47. The Labute approximate surface area is 127 Å². The smallest absolute Gasteiger partial charge is 0.131 e. The first-order chi connectivity index (χ1) is 10.1. The highest BCUT2D eigenvalue weighted by Crippen LogP contribution is 2.42. The van der Waals surface area contributed by atoms with Crippen molar-refractivity contribution in [2.75, 3.05) is 5.73 Å². The molecule has 1 aromatic heterocycles. The lowest BCUT2D eigenvalue weighted by molar-refractivity contribution is 0.512. The lowest BCUT2D eigenvalue weighted by Gasteiger charge is -2.12. The highest BCUT2D eigenvalue weighted by atomic mass is 15.2. The number of anilines is 1. The average Bonchev–Trinajstić information content (AvgIpc) is 3.26. The van der Waals surface area contributed by atoms with Crippen molar-refractivity contribution in [3.05, 3.63) is 35.7 Å².